The van der Waals surface area contributed by atoms with Crippen LogP contribution in [0.5, 0.6) is 0 Å². The summed E-state index contributed by atoms with van der Waals surface area (Å²) in [6.45, 7) is 5.17. The largest absolute Gasteiger partial charge is 0.356 e. The molecule has 21 heavy (non-hydrogen) atoms. The number of nitrogens with two attached hydrogens (primary N) is 1. The maximum absolute atomic E-state index is 5.71. The highest BCUT2D eigenvalue weighted by Gasteiger charge is 2.17. The van der Waals surface area contributed by atoms with Gasteiger partial charge in [-0.3, -0.25) is 0 Å². The van der Waals surface area contributed by atoms with Crippen LogP contribution in [-0.2, 0) is 6.42 Å². The van der Waals surface area contributed by atoms with Crippen molar-refractivity contribution in [2.45, 2.75) is 39.0 Å². The summed E-state index contributed by atoms with van der Waals surface area (Å²) in [5, 5.41) is 1.25. The second-order valence-electron chi connectivity index (χ2n) is 6.06. The van der Waals surface area contributed by atoms with Crippen molar-refractivity contribution in [3.05, 3.63) is 35.4 Å². The Hall–Kier alpha value is -1.61. The van der Waals surface area contributed by atoms with E-state index in [-0.39, 0.29) is 0 Å². The van der Waals surface area contributed by atoms with Gasteiger partial charge < -0.3 is 10.6 Å². The molecule has 2 aromatic rings. The number of aryl methyl sites for hydroxylation is 2. The number of fused-ring (bicyclic) bond motifs is 1. The summed E-state index contributed by atoms with van der Waals surface area (Å²) in [5.41, 5.74) is 9.48. The van der Waals surface area contributed by atoms with E-state index >= 15 is 0 Å². The third-order valence-corrected chi connectivity index (χ3v) is 4.41. The SMILES string of the molecule is Cc1cccc2cc(CCCN)c(N3CCCCC3)nc12. The number of piperidine rings is 1. The average molecular weight is 283 g/mol. The zero-order valence-electron chi connectivity index (χ0n) is 12.9. The number of hydrogen-bond donors (Lipinski definition) is 1. The van der Waals surface area contributed by atoms with Gasteiger partial charge in [0.1, 0.15) is 5.82 Å². The van der Waals surface area contributed by atoms with Crippen molar-refractivity contribution in [3.63, 3.8) is 0 Å². The van der Waals surface area contributed by atoms with E-state index < -0.39 is 0 Å². The maximum atomic E-state index is 5.71. The quantitative estimate of drug-likeness (QED) is 0.935. The van der Waals surface area contributed by atoms with Crippen molar-refractivity contribution >= 4 is 16.7 Å². The van der Waals surface area contributed by atoms with Gasteiger partial charge in [-0.2, -0.15) is 0 Å². The predicted molar refractivity (Wildman–Crippen MR) is 89.9 cm³/mol. The number of rotatable bonds is 4. The molecule has 0 amide bonds. The van der Waals surface area contributed by atoms with Crippen LogP contribution in [0.1, 0.15) is 36.8 Å². The van der Waals surface area contributed by atoms with Crippen molar-refractivity contribution in [3.8, 4) is 0 Å². The summed E-state index contributed by atoms with van der Waals surface area (Å²) in [7, 11) is 0. The van der Waals surface area contributed by atoms with Crippen molar-refractivity contribution in [2.24, 2.45) is 5.73 Å². The molecule has 3 nitrogen and oxygen atoms in total. The lowest BCUT2D eigenvalue weighted by Gasteiger charge is -2.30. The van der Waals surface area contributed by atoms with Gasteiger partial charge >= 0.3 is 0 Å². The molecule has 2 N–H and O–H groups in total. The first-order chi connectivity index (χ1) is 10.3. The van der Waals surface area contributed by atoms with Gasteiger partial charge in [0.05, 0.1) is 5.52 Å². The third kappa shape index (κ3) is 3.03. The monoisotopic (exact) mass is 283 g/mol. The lowest BCUT2D eigenvalue weighted by Crippen LogP contribution is -2.31. The highest BCUT2D eigenvalue weighted by molar-refractivity contribution is 5.84. The molecule has 0 aliphatic carbocycles. The minimum Gasteiger partial charge on any atom is -0.356 e. The van der Waals surface area contributed by atoms with E-state index in [9.17, 15) is 0 Å². The average Bonchev–Trinajstić information content (AvgIpc) is 2.53. The highest BCUT2D eigenvalue weighted by atomic mass is 15.2. The zero-order chi connectivity index (χ0) is 14.7. The summed E-state index contributed by atoms with van der Waals surface area (Å²) < 4.78 is 0. The van der Waals surface area contributed by atoms with Crippen molar-refractivity contribution in [1.82, 2.24) is 4.98 Å². The van der Waals surface area contributed by atoms with E-state index in [1.165, 1.54) is 41.6 Å². The van der Waals surface area contributed by atoms with Gasteiger partial charge in [-0.25, -0.2) is 4.98 Å². The fraction of sp³-hybridized carbons (Fsp3) is 0.500. The Morgan fingerprint density at radius 1 is 1.19 bits per heavy atom. The summed E-state index contributed by atoms with van der Waals surface area (Å²) in [6, 6.07) is 8.76. The molecular formula is C18H25N3. The molecule has 112 valence electrons. The lowest BCUT2D eigenvalue weighted by atomic mass is 10.0. The van der Waals surface area contributed by atoms with Crippen LogP contribution >= 0.6 is 0 Å². The van der Waals surface area contributed by atoms with E-state index in [4.69, 9.17) is 10.7 Å². The van der Waals surface area contributed by atoms with E-state index in [0.717, 1.165) is 38.0 Å². The minimum atomic E-state index is 0.741. The van der Waals surface area contributed by atoms with Gasteiger partial charge in [-0.1, -0.05) is 18.2 Å². The van der Waals surface area contributed by atoms with Crippen LogP contribution in [-0.4, -0.2) is 24.6 Å². The Labute approximate surface area is 127 Å². The molecule has 3 heteroatoms. The molecule has 1 fully saturated rings. The van der Waals surface area contributed by atoms with Gasteiger partial charge in [-0.15, -0.1) is 0 Å². The van der Waals surface area contributed by atoms with Gasteiger partial charge in [0.25, 0.3) is 0 Å². The van der Waals surface area contributed by atoms with Crippen LogP contribution < -0.4 is 10.6 Å². The van der Waals surface area contributed by atoms with Crippen molar-refractivity contribution < 1.29 is 0 Å². The molecule has 0 unspecified atom stereocenters. The molecule has 1 aromatic heterocycles. The first-order valence-corrected chi connectivity index (χ1v) is 8.14. The maximum Gasteiger partial charge on any atom is 0.132 e. The number of nitrogens with zero attached hydrogens (tertiary/aromatic N) is 2. The van der Waals surface area contributed by atoms with Gasteiger partial charge in [-0.05, 0) is 62.8 Å². The first-order valence-electron chi connectivity index (χ1n) is 8.14. The smallest absolute Gasteiger partial charge is 0.132 e. The molecule has 1 aliphatic heterocycles. The lowest BCUT2D eigenvalue weighted by molar-refractivity contribution is 0.572. The first kappa shape index (κ1) is 14.3. The van der Waals surface area contributed by atoms with Crippen LogP contribution in [0.4, 0.5) is 5.82 Å². The number of anilines is 1. The molecule has 0 spiro atoms. The number of hydrogen-bond acceptors (Lipinski definition) is 3. The van der Waals surface area contributed by atoms with E-state index in [0.29, 0.717) is 0 Å². The van der Waals surface area contributed by atoms with Crippen LogP contribution in [0.25, 0.3) is 10.9 Å². The van der Waals surface area contributed by atoms with Crippen molar-refractivity contribution in [1.29, 1.82) is 0 Å². The minimum absolute atomic E-state index is 0.741. The second-order valence-corrected chi connectivity index (χ2v) is 6.06. The third-order valence-electron chi connectivity index (χ3n) is 4.41. The Morgan fingerprint density at radius 2 is 2.00 bits per heavy atom. The Bertz CT molecular complexity index is 615. The van der Waals surface area contributed by atoms with Crippen LogP contribution in [0.15, 0.2) is 24.3 Å². The van der Waals surface area contributed by atoms with Crippen molar-refractivity contribution in [2.75, 3.05) is 24.5 Å². The van der Waals surface area contributed by atoms with Gasteiger partial charge in [0, 0.05) is 18.5 Å². The highest BCUT2D eigenvalue weighted by Crippen LogP contribution is 2.28. The Morgan fingerprint density at radius 3 is 2.76 bits per heavy atom. The molecule has 0 saturated carbocycles. The zero-order valence-corrected chi connectivity index (χ0v) is 12.9. The van der Waals surface area contributed by atoms with Gasteiger partial charge in [0.15, 0.2) is 0 Å². The molecule has 0 radical (unpaired) electrons. The fourth-order valence-corrected chi connectivity index (χ4v) is 3.24. The van der Waals surface area contributed by atoms with Crippen LogP contribution in [0.3, 0.4) is 0 Å². The topological polar surface area (TPSA) is 42.1 Å². The molecule has 1 aliphatic rings. The fourth-order valence-electron chi connectivity index (χ4n) is 3.24. The molecule has 3 rings (SSSR count). The van der Waals surface area contributed by atoms with E-state index in [1.807, 2.05) is 0 Å². The van der Waals surface area contributed by atoms with E-state index in [1.54, 1.807) is 0 Å². The number of para-hydroxylation sites is 1. The molecule has 0 atom stereocenters. The number of aromatic nitrogens is 1. The number of pyridine rings is 1. The summed E-state index contributed by atoms with van der Waals surface area (Å²) in [4.78, 5) is 7.51. The summed E-state index contributed by atoms with van der Waals surface area (Å²) in [5.74, 6) is 1.20. The van der Waals surface area contributed by atoms with Crippen LogP contribution in [0, 0.1) is 6.92 Å². The van der Waals surface area contributed by atoms with E-state index in [2.05, 4.69) is 36.1 Å². The molecule has 1 aromatic carbocycles. The molecule has 1 saturated heterocycles. The Kier molecular flexibility index (Phi) is 4.39. The standard InChI is InChI=1S/C18H25N3/c1-14-7-5-8-15-13-16(9-6-10-19)18(20-17(14)15)21-11-3-2-4-12-21/h5,7-8,13H,2-4,6,9-12,19H2,1H3. The second kappa shape index (κ2) is 6.44. The molecular weight excluding hydrogens is 258 g/mol. The molecule has 0 bridgehead atoms. The normalized spacial score (nSPS) is 15.6. The molecule has 2 heterocycles. The Balaban J connectivity index is 2.06. The summed E-state index contributed by atoms with van der Waals surface area (Å²) in [6.07, 6.45) is 5.97. The van der Waals surface area contributed by atoms with Crippen LogP contribution in [0.2, 0.25) is 0 Å². The summed E-state index contributed by atoms with van der Waals surface area (Å²) >= 11 is 0. The predicted octanol–water partition coefficient (Wildman–Crippen LogP) is 3.42. The van der Waals surface area contributed by atoms with Gasteiger partial charge in [0.2, 0.25) is 0 Å². The number of benzene rings is 1.